The van der Waals surface area contributed by atoms with Crippen molar-refractivity contribution in [2.75, 3.05) is 6.61 Å². The van der Waals surface area contributed by atoms with E-state index in [0.717, 1.165) is 11.1 Å². The number of hydrogen-bond donors (Lipinski definition) is 0. The van der Waals surface area contributed by atoms with Crippen LogP contribution >= 0.6 is 0 Å². The molecule has 0 bridgehead atoms. The van der Waals surface area contributed by atoms with Gasteiger partial charge in [0.05, 0.1) is 12.2 Å². The average Bonchev–Trinajstić information content (AvgIpc) is 2.38. The van der Waals surface area contributed by atoms with E-state index in [4.69, 9.17) is 4.74 Å². The Morgan fingerprint density at radius 3 is 2.89 bits per heavy atom. The summed E-state index contributed by atoms with van der Waals surface area (Å²) in [6.45, 7) is 4.07. The van der Waals surface area contributed by atoms with Crippen LogP contribution in [0.1, 0.15) is 40.7 Å². The second-order valence-corrected chi connectivity index (χ2v) is 4.60. The lowest BCUT2D eigenvalue weighted by atomic mass is 9.88. The standard InChI is InChI=1S/C16H17FO2/c1-3-19-16(18)13-7-8-15(11(2)9-13)12-5-4-6-14(17)10-12/h4-9,12H,3,10H2,1-2H3. The quantitative estimate of drug-likeness (QED) is 0.766. The minimum Gasteiger partial charge on any atom is -0.462 e. The van der Waals surface area contributed by atoms with Crippen LogP contribution in [0.2, 0.25) is 0 Å². The van der Waals surface area contributed by atoms with Gasteiger partial charge in [-0.25, -0.2) is 9.18 Å². The molecule has 1 atom stereocenters. The average molecular weight is 260 g/mol. The molecule has 0 spiro atoms. The molecule has 1 unspecified atom stereocenters. The fourth-order valence-electron chi connectivity index (χ4n) is 2.29. The normalized spacial score (nSPS) is 18.1. The van der Waals surface area contributed by atoms with Crippen LogP contribution in [-0.4, -0.2) is 12.6 Å². The summed E-state index contributed by atoms with van der Waals surface area (Å²) in [6, 6.07) is 5.43. The molecule has 1 aliphatic carbocycles. The maximum Gasteiger partial charge on any atom is 0.338 e. The van der Waals surface area contributed by atoms with Gasteiger partial charge in [-0.15, -0.1) is 0 Å². The van der Waals surface area contributed by atoms with Crippen molar-refractivity contribution in [3.8, 4) is 0 Å². The molecule has 0 heterocycles. The number of carbonyl (C=O) groups excluding carboxylic acids is 1. The van der Waals surface area contributed by atoms with Gasteiger partial charge in [-0.05, 0) is 43.2 Å². The number of rotatable bonds is 3. The van der Waals surface area contributed by atoms with Gasteiger partial charge in [-0.3, -0.25) is 0 Å². The number of ether oxygens (including phenoxy) is 1. The van der Waals surface area contributed by atoms with E-state index in [1.54, 1.807) is 25.1 Å². The fraction of sp³-hybridized carbons (Fsp3) is 0.312. The van der Waals surface area contributed by atoms with Crippen LogP contribution < -0.4 is 0 Å². The smallest absolute Gasteiger partial charge is 0.338 e. The van der Waals surface area contributed by atoms with Crippen molar-refractivity contribution >= 4 is 5.97 Å². The van der Waals surface area contributed by atoms with E-state index in [-0.39, 0.29) is 17.7 Å². The molecule has 0 saturated heterocycles. The fourth-order valence-corrected chi connectivity index (χ4v) is 2.29. The summed E-state index contributed by atoms with van der Waals surface area (Å²) in [7, 11) is 0. The molecular formula is C16H17FO2. The summed E-state index contributed by atoms with van der Waals surface area (Å²) in [5, 5.41) is 0. The summed E-state index contributed by atoms with van der Waals surface area (Å²) in [6.07, 6.45) is 5.59. The Hall–Kier alpha value is -1.90. The molecule has 19 heavy (non-hydrogen) atoms. The molecule has 0 fully saturated rings. The van der Waals surface area contributed by atoms with Crippen molar-refractivity contribution in [1.29, 1.82) is 0 Å². The van der Waals surface area contributed by atoms with Crippen LogP contribution in [-0.2, 0) is 4.74 Å². The summed E-state index contributed by atoms with van der Waals surface area (Å²) in [5.74, 6) is -0.384. The predicted octanol–water partition coefficient (Wildman–Crippen LogP) is 4.07. The first kappa shape index (κ1) is 13.5. The second-order valence-electron chi connectivity index (χ2n) is 4.60. The zero-order valence-electron chi connectivity index (χ0n) is 11.2. The van der Waals surface area contributed by atoms with Crippen LogP contribution in [0.3, 0.4) is 0 Å². The predicted molar refractivity (Wildman–Crippen MR) is 72.8 cm³/mol. The lowest BCUT2D eigenvalue weighted by Gasteiger charge is -2.17. The summed E-state index contributed by atoms with van der Waals surface area (Å²) in [5.41, 5.74) is 2.57. The summed E-state index contributed by atoms with van der Waals surface area (Å²) in [4.78, 5) is 11.6. The third kappa shape index (κ3) is 3.11. The van der Waals surface area contributed by atoms with Gasteiger partial charge in [0.25, 0.3) is 0 Å². The second kappa shape index (κ2) is 5.83. The van der Waals surface area contributed by atoms with Gasteiger partial charge in [-0.1, -0.05) is 18.2 Å². The van der Waals surface area contributed by atoms with E-state index in [1.165, 1.54) is 6.08 Å². The molecule has 0 radical (unpaired) electrons. The highest BCUT2D eigenvalue weighted by atomic mass is 19.1. The van der Waals surface area contributed by atoms with Gasteiger partial charge in [-0.2, -0.15) is 0 Å². The molecule has 1 aliphatic rings. The van der Waals surface area contributed by atoms with E-state index < -0.39 is 0 Å². The number of carbonyl (C=O) groups is 1. The number of esters is 1. The molecule has 0 aliphatic heterocycles. The van der Waals surface area contributed by atoms with Crippen molar-refractivity contribution in [3.63, 3.8) is 0 Å². The molecule has 0 aromatic heterocycles. The van der Waals surface area contributed by atoms with Crippen molar-refractivity contribution in [1.82, 2.24) is 0 Å². The molecule has 1 aromatic carbocycles. The largest absolute Gasteiger partial charge is 0.462 e. The maximum atomic E-state index is 13.3. The number of halogens is 1. The third-order valence-electron chi connectivity index (χ3n) is 3.22. The van der Waals surface area contributed by atoms with Gasteiger partial charge in [0.1, 0.15) is 5.83 Å². The monoisotopic (exact) mass is 260 g/mol. The third-order valence-corrected chi connectivity index (χ3v) is 3.22. The maximum absolute atomic E-state index is 13.3. The van der Waals surface area contributed by atoms with Crippen molar-refractivity contribution in [3.05, 3.63) is 58.9 Å². The first-order chi connectivity index (χ1) is 9.11. The number of allylic oxidation sites excluding steroid dienone is 4. The lowest BCUT2D eigenvalue weighted by Crippen LogP contribution is -2.07. The van der Waals surface area contributed by atoms with Gasteiger partial charge in [0.2, 0.25) is 0 Å². The first-order valence-corrected chi connectivity index (χ1v) is 6.42. The topological polar surface area (TPSA) is 26.3 Å². The Bertz CT molecular complexity index is 544. The van der Waals surface area contributed by atoms with E-state index >= 15 is 0 Å². The molecule has 1 aromatic rings. The Morgan fingerprint density at radius 1 is 1.47 bits per heavy atom. The number of aryl methyl sites for hydroxylation is 1. The zero-order valence-corrected chi connectivity index (χ0v) is 11.2. The Labute approximate surface area is 112 Å². The number of hydrogen-bond acceptors (Lipinski definition) is 2. The molecule has 2 nitrogen and oxygen atoms in total. The molecule has 100 valence electrons. The Morgan fingerprint density at radius 2 is 2.26 bits per heavy atom. The minimum atomic E-state index is -0.317. The van der Waals surface area contributed by atoms with Crippen molar-refractivity contribution < 1.29 is 13.9 Å². The highest BCUT2D eigenvalue weighted by Crippen LogP contribution is 2.31. The van der Waals surface area contributed by atoms with E-state index in [0.29, 0.717) is 18.6 Å². The highest BCUT2D eigenvalue weighted by Gasteiger charge is 2.17. The van der Waals surface area contributed by atoms with Crippen LogP contribution in [0.4, 0.5) is 4.39 Å². The summed E-state index contributed by atoms with van der Waals surface area (Å²) < 4.78 is 18.3. The molecular weight excluding hydrogens is 243 g/mol. The molecule has 2 rings (SSSR count). The van der Waals surface area contributed by atoms with Crippen molar-refractivity contribution in [2.45, 2.75) is 26.2 Å². The minimum absolute atomic E-state index is 0.0428. The van der Waals surface area contributed by atoms with E-state index in [9.17, 15) is 9.18 Å². The van der Waals surface area contributed by atoms with Crippen molar-refractivity contribution in [2.24, 2.45) is 0 Å². The summed E-state index contributed by atoms with van der Waals surface area (Å²) >= 11 is 0. The van der Waals surface area contributed by atoms with Gasteiger partial charge >= 0.3 is 5.97 Å². The Kier molecular flexibility index (Phi) is 4.15. The number of benzene rings is 1. The SMILES string of the molecule is CCOC(=O)c1ccc(C2C=CC=C(F)C2)c(C)c1. The zero-order chi connectivity index (χ0) is 13.8. The van der Waals surface area contributed by atoms with E-state index in [1.807, 2.05) is 19.1 Å². The van der Waals surface area contributed by atoms with Crippen LogP contribution in [0, 0.1) is 6.92 Å². The lowest BCUT2D eigenvalue weighted by molar-refractivity contribution is 0.0526. The van der Waals surface area contributed by atoms with Gasteiger partial charge < -0.3 is 4.74 Å². The molecule has 0 saturated carbocycles. The molecule has 0 N–H and O–H groups in total. The van der Waals surface area contributed by atoms with E-state index in [2.05, 4.69) is 0 Å². The first-order valence-electron chi connectivity index (χ1n) is 6.42. The molecule has 0 amide bonds. The van der Waals surface area contributed by atoms with Crippen LogP contribution in [0.25, 0.3) is 0 Å². The van der Waals surface area contributed by atoms with Crippen LogP contribution in [0.5, 0.6) is 0 Å². The van der Waals surface area contributed by atoms with Crippen LogP contribution in [0.15, 0.2) is 42.3 Å². The van der Waals surface area contributed by atoms with Gasteiger partial charge in [0.15, 0.2) is 0 Å². The Balaban J connectivity index is 2.23. The molecule has 3 heteroatoms. The highest BCUT2D eigenvalue weighted by molar-refractivity contribution is 5.89. The van der Waals surface area contributed by atoms with Gasteiger partial charge in [0, 0.05) is 12.3 Å².